The second kappa shape index (κ2) is 8.99. The Morgan fingerprint density at radius 1 is 1.17 bits per heavy atom. The van der Waals surface area contributed by atoms with E-state index in [0.717, 1.165) is 18.2 Å². The third kappa shape index (κ3) is 5.83. The fraction of sp³-hybridized carbons (Fsp3) is 0.167. The normalized spacial score (nSPS) is 11.2. The van der Waals surface area contributed by atoms with Gasteiger partial charge in [0.05, 0.1) is 23.6 Å². The molecule has 0 aliphatic heterocycles. The highest BCUT2D eigenvalue weighted by molar-refractivity contribution is 6.31. The predicted octanol–water partition coefficient (Wildman–Crippen LogP) is 4.05. The number of benzene rings is 2. The smallest absolute Gasteiger partial charge is 0.422 e. The third-order valence-electron chi connectivity index (χ3n) is 3.67. The van der Waals surface area contributed by atoms with Crippen LogP contribution in [0.25, 0.3) is 5.69 Å². The number of aromatic nitrogens is 3. The van der Waals surface area contributed by atoms with Crippen molar-refractivity contribution in [1.29, 1.82) is 0 Å². The molecule has 0 saturated heterocycles. The van der Waals surface area contributed by atoms with Gasteiger partial charge in [0.1, 0.15) is 24.2 Å². The lowest BCUT2D eigenvalue weighted by molar-refractivity contribution is -0.153. The maximum Gasteiger partial charge on any atom is 0.422 e. The van der Waals surface area contributed by atoms with Crippen LogP contribution < -0.4 is 15.4 Å². The Hall–Kier alpha value is -3.34. The number of alkyl halides is 3. The zero-order valence-electron chi connectivity index (χ0n) is 15.1. The van der Waals surface area contributed by atoms with Crippen molar-refractivity contribution < 1.29 is 27.1 Å². The number of ether oxygens (including phenoxy) is 1. The van der Waals surface area contributed by atoms with E-state index in [1.54, 1.807) is 12.1 Å². The Labute approximate surface area is 172 Å². The fourth-order valence-corrected chi connectivity index (χ4v) is 2.61. The molecule has 0 fully saturated rings. The predicted molar refractivity (Wildman–Crippen MR) is 101 cm³/mol. The molecule has 1 heterocycles. The summed E-state index contributed by atoms with van der Waals surface area (Å²) >= 11 is 5.98. The minimum atomic E-state index is -4.56. The lowest BCUT2D eigenvalue weighted by Crippen LogP contribution is -2.24. The molecule has 1 aromatic heterocycles. The van der Waals surface area contributed by atoms with Crippen LogP contribution in [0.15, 0.2) is 49.1 Å². The molecule has 12 heteroatoms. The van der Waals surface area contributed by atoms with Crippen molar-refractivity contribution in [1.82, 2.24) is 14.8 Å². The summed E-state index contributed by atoms with van der Waals surface area (Å²) < 4.78 is 56.7. The van der Waals surface area contributed by atoms with Crippen LogP contribution in [0.3, 0.4) is 0 Å². The Morgan fingerprint density at radius 3 is 2.67 bits per heavy atom. The summed E-state index contributed by atoms with van der Waals surface area (Å²) in [5.74, 6) is -1.52. The zero-order chi connectivity index (χ0) is 21.7. The number of amides is 1. The van der Waals surface area contributed by atoms with Crippen LogP contribution in [0.5, 0.6) is 5.75 Å². The Bertz CT molecular complexity index is 1030. The van der Waals surface area contributed by atoms with Gasteiger partial charge in [0.15, 0.2) is 6.61 Å². The van der Waals surface area contributed by atoms with Crippen molar-refractivity contribution in [2.24, 2.45) is 0 Å². The minimum absolute atomic E-state index is 0.100. The topological polar surface area (TPSA) is 81.1 Å². The van der Waals surface area contributed by atoms with Crippen molar-refractivity contribution in [3.8, 4) is 11.4 Å². The quantitative estimate of drug-likeness (QED) is 0.538. The van der Waals surface area contributed by atoms with Gasteiger partial charge in [0, 0.05) is 11.1 Å². The molecular formula is C18H14ClF4N5O2. The molecule has 2 N–H and O–H groups in total. The van der Waals surface area contributed by atoms with Crippen molar-refractivity contribution in [2.75, 3.05) is 23.8 Å². The van der Waals surface area contributed by atoms with E-state index in [0.29, 0.717) is 16.4 Å². The van der Waals surface area contributed by atoms with E-state index >= 15 is 0 Å². The average Bonchev–Trinajstić information content (AvgIpc) is 3.19. The maximum absolute atomic E-state index is 13.5. The second-order valence-corrected chi connectivity index (χ2v) is 6.38. The van der Waals surface area contributed by atoms with E-state index in [1.165, 1.54) is 23.4 Å². The first kappa shape index (κ1) is 21.4. The standard InChI is InChI=1S/C18H14ClF4N5O2/c19-11-1-3-15(28-10-24-9-26-28)13(5-11)27-17(29)7-25-14-6-12(20)2-4-16(14)30-8-18(21,22)23/h1-6,9-10,25H,7-8H2,(H,27,29). The van der Waals surface area contributed by atoms with Gasteiger partial charge in [-0.05, 0) is 30.3 Å². The van der Waals surface area contributed by atoms with Gasteiger partial charge in [-0.1, -0.05) is 11.6 Å². The average molecular weight is 444 g/mol. The van der Waals surface area contributed by atoms with Gasteiger partial charge in [0.2, 0.25) is 5.91 Å². The summed E-state index contributed by atoms with van der Waals surface area (Å²) in [7, 11) is 0. The Morgan fingerprint density at radius 2 is 1.97 bits per heavy atom. The molecule has 3 rings (SSSR count). The van der Waals surface area contributed by atoms with E-state index in [2.05, 4.69) is 25.5 Å². The van der Waals surface area contributed by atoms with Gasteiger partial charge in [-0.3, -0.25) is 4.79 Å². The maximum atomic E-state index is 13.5. The van der Waals surface area contributed by atoms with E-state index in [9.17, 15) is 22.4 Å². The van der Waals surface area contributed by atoms with Gasteiger partial charge in [-0.2, -0.15) is 18.3 Å². The molecule has 0 radical (unpaired) electrons. The van der Waals surface area contributed by atoms with Crippen molar-refractivity contribution in [3.63, 3.8) is 0 Å². The molecule has 0 aliphatic rings. The molecule has 3 aromatic rings. The molecule has 7 nitrogen and oxygen atoms in total. The van der Waals surface area contributed by atoms with Gasteiger partial charge < -0.3 is 15.4 Å². The van der Waals surface area contributed by atoms with Crippen LogP contribution in [0.4, 0.5) is 28.9 Å². The Kier molecular flexibility index (Phi) is 6.40. The zero-order valence-corrected chi connectivity index (χ0v) is 15.8. The first-order chi connectivity index (χ1) is 14.2. The van der Waals surface area contributed by atoms with Crippen LogP contribution in [0.1, 0.15) is 0 Å². The van der Waals surface area contributed by atoms with E-state index in [4.69, 9.17) is 11.6 Å². The summed E-state index contributed by atoms with van der Waals surface area (Å²) in [5, 5.41) is 9.52. The van der Waals surface area contributed by atoms with Crippen molar-refractivity contribution in [3.05, 3.63) is 59.9 Å². The summed E-state index contributed by atoms with van der Waals surface area (Å²) in [5.41, 5.74) is 0.717. The molecule has 0 aliphatic carbocycles. The number of nitrogens with one attached hydrogen (secondary N) is 2. The molecule has 1 amide bonds. The van der Waals surface area contributed by atoms with Crippen LogP contribution in [-0.4, -0.2) is 40.0 Å². The highest BCUT2D eigenvalue weighted by atomic mass is 35.5. The second-order valence-electron chi connectivity index (χ2n) is 5.95. The lowest BCUT2D eigenvalue weighted by atomic mass is 10.2. The van der Waals surface area contributed by atoms with Crippen LogP contribution in [-0.2, 0) is 4.79 Å². The molecule has 2 aromatic carbocycles. The lowest BCUT2D eigenvalue weighted by Gasteiger charge is -2.15. The molecule has 0 bridgehead atoms. The van der Waals surface area contributed by atoms with E-state index in [1.807, 2.05) is 0 Å². The SMILES string of the molecule is O=C(CNc1cc(F)ccc1OCC(F)(F)F)Nc1cc(Cl)ccc1-n1cncn1. The van der Waals surface area contributed by atoms with Crippen LogP contribution >= 0.6 is 11.6 Å². The van der Waals surface area contributed by atoms with Gasteiger partial charge in [-0.15, -0.1) is 0 Å². The highest BCUT2D eigenvalue weighted by Crippen LogP contribution is 2.28. The van der Waals surface area contributed by atoms with E-state index in [-0.39, 0.29) is 18.0 Å². The van der Waals surface area contributed by atoms with Crippen molar-refractivity contribution >= 4 is 28.9 Å². The molecule has 0 spiro atoms. The molecule has 0 atom stereocenters. The van der Waals surface area contributed by atoms with Gasteiger partial charge in [-0.25, -0.2) is 14.1 Å². The summed E-state index contributed by atoms with van der Waals surface area (Å²) in [6.07, 6.45) is -1.82. The Balaban J connectivity index is 1.70. The minimum Gasteiger partial charge on any atom is -0.482 e. The number of rotatable bonds is 7. The summed E-state index contributed by atoms with van der Waals surface area (Å²) in [6.45, 7) is -1.93. The number of carbonyl (C=O) groups is 1. The number of carbonyl (C=O) groups excluding carboxylic acids is 1. The molecule has 0 saturated carbocycles. The number of nitrogens with zero attached hydrogens (tertiary/aromatic N) is 3. The van der Waals surface area contributed by atoms with Crippen LogP contribution in [0, 0.1) is 5.82 Å². The molecule has 0 unspecified atom stereocenters. The van der Waals surface area contributed by atoms with Crippen LogP contribution in [0.2, 0.25) is 5.02 Å². The number of anilines is 2. The number of hydrogen-bond acceptors (Lipinski definition) is 5. The molecular weight excluding hydrogens is 430 g/mol. The first-order valence-corrected chi connectivity index (χ1v) is 8.76. The monoisotopic (exact) mass is 443 g/mol. The fourth-order valence-electron chi connectivity index (χ4n) is 2.44. The van der Waals surface area contributed by atoms with Crippen molar-refractivity contribution in [2.45, 2.75) is 6.18 Å². The highest BCUT2D eigenvalue weighted by Gasteiger charge is 2.29. The summed E-state index contributed by atoms with van der Waals surface area (Å²) in [4.78, 5) is 16.2. The molecule has 158 valence electrons. The van der Waals surface area contributed by atoms with E-state index < -0.39 is 24.5 Å². The van der Waals surface area contributed by atoms with Gasteiger partial charge in [0.25, 0.3) is 0 Å². The molecule has 30 heavy (non-hydrogen) atoms. The summed E-state index contributed by atoms with van der Waals surface area (Å²) in [6, 6.07) is 7.64. The number of halogens is 5. The first-order valence-electron chi connectivity index (χ1n) is 8.38. The largest absolute Gasteiger partial charge is 0.482 e. The van der Waals surface area contributed by atoms with Gasteiger partial charge >= 0.3 is 6.18 Å². The third-order valence-corrected chi connectivity index (χ3v) is 3.91. The number of hydrogen-bond donors (Lipinski definition) is 2.